The number of halogens is 6. The molecule has 0 saturated heterocycles. The maximum Gasteiger partial charge on any atom is 0.573 e. The molecular formula is C31H24F6N4O4. The third-order valence-electron chi connectivity index (χ3n) is 6.25. The molecule has 2 aromatic heterocycles. The summed E-state index contributed by atoms with van der Waals surface area (Å²) in [6, 6.07) is 22.4. The van der Waals surface area contributed by atoms with E-state index >= 15 is 0 Å². The summed E-state index contributed by atoms with van der Waals surface area (Å²) in [7, 11) is 0. The van der Waals surface area contributed by atoms with Gasteiger partial charge in [0, 0.05) is 39.7 Å². The minimum Gasteiger partial charge on any atom is -0.475 e. The summed E-state index contributed by atoms with van der Waals surface area (Å²) < 4.78 is 73.6. The second-order valence-corrected chi connectivity index (χ2v) is 9.50. The smallest absolute Gasteiger partial charge is 0.475 e. The zero-order valence-corrected chi connectivity index (χ0v) is 23.3. The number of carboxylic acid groups (broad SMARTS) is 1. The Hall–Kier alpha value is -5.53. The van der Waals surface area contributed by atoms with Gasteiger partial charge in [0.2, 0.25) is 5.91 Å². The van der Waals surface area contributed by atoms with E-state index in [1.165, 1.54) is 24.3 Å². The van der Waals surface area contributed by atoms with Gasteiger partial charge in [-0.05, 0) is 66.6 Å². The van der Waals surface area contributed by atoms with Gasteiger partial charge in [-0.2, -0.15) is 13.2 Å². The lowest BCUT2D eigenvalue weighted by Gasteiger charge is -2.16. The molecule has 5 rings (SSSR count). The Morgan fingerprint density at radius 3 is 2.22 bits per heavy atom. The molecule has 3 aromatic carbocycles. The number of carbonyl (C=O) groups is 2. The van der Waals surface area contributed by atoms with Crippen molar-refractivity contribution in [1.29, 1.82) is 0 Å². The fourth-order valence-corrected chi connectivity index (χ4v) is 4.33. The Kier molecular flexibility index (Phi) is 9.65. The first kappa shape index (κ1) is 32.4. The molecule has 0 saturated carbocycles. The molecule has 5 aromatic rings. The Morgan fingerprint density at radius 2 is 1.60 bits per heavy atom. The van der Waals surface area contributed by atoms with E-state index in [0.717, 1.165) is 27.8 Å². The number of aryl methyl sites for hydroxylation is 1. The van der Waals surface area contributed by atoms with Crippen LogP contribution >= 0.6 is 0 Å². The molecule has 0 radical (unpaired) electrons. The number of nitrogens with zero attached hydrogens (tertiary/aromatic N) is 1. The first-order valence-electron chi connectivity index (χ1n) is 13.0. The third kappa shape index (κ3) is 8.98. The molecule has 0 aliphatic rings. The number of nitrogens with one attached hydrogen (secondary N) is 3. The number of carboxylic acids is 1. The standard InChI is InChI=1S/C29H23F3N4O2.C2HF3O2/c1-18-24(23-6-2-3-7-26(23)34-18)16-28(37)36-20-10-13-27(35-21-5-4-14-33-17-21)25(15-20)19-8-11-22(12-9-19)38-29(30,31)32;3-2(4,5)1(6)7/h2-15,17,34-35H,16H2,1H3,(H,36,37);(H,6,7). The van der Waals surface area contributed by atoms with Crippen LogP contribution in [0, 0.1) is 6.92 Å². The molecule has 0 aliphatic carbocycles. The van der Waals surface area contributed by atoms with Gasteiger partial charge in [0.1, 0.15) is 5.75 Å². The minimum atomic E-state index is -5.08. The highest BCUT2D eigenvalue weighted by molar-refractivity contribution is 5.97. The quantitative estimate of drug-likeness (QED) is 0.136. The van der Waals surface area contributed by atoms with Crippen LogP contribution in [0.25, 0.3) is 22.0 Å². The molecule has 234 valence electrons. The maximum atomic E-state index is 13.0. The van der Waals surface area contributed by atoms with Gasteiger partial charge in [-0.1, -0.05) is 30.3 Å². The van der Waals surface area contributed by atoms with Crippen LogP contribution in [0.5, 0.6) is 5.75 Å². The number of ether oxygens (including phenoxy) is 1. The summed E-state index contributed by atoms with van der Waals surface area (Å²) in [4.78, 5) is 29.3. The molecule has 0 aliphatic heterocycles. The molecule has 0 fully saturated rings. The summed E-state index contributed by atoms with van der Waals surface area (Å²) >= 11 is 0. The molecule has 0 unspecified atom stereocenters. The van der Waals surface area contributed by atoms with E-state index < -0.39 is 18.5 Å². The van der Waals surface area contributed by atoms with Crippen LogP contribution in [0.3, 0.4) is 0 Å². The third-order valence-corrected chi connectivity index (χ3v) is 6.25. The monoisotopic (exact) mass is 630 g/mol. The summed E-state index contributed by atoms with van der Waals surface area (Å²) in [6.45, 7) is 1.94. The lowest BCUT2D eigenvalue weighted by molar-refractivity contribution is -0.274. The number of para-hydroxylation sites is 1. The normalized spacial score (nSPS) is 11.4. The van der Waals surface area contributed by atoms with Crippen LogP contribution in [0.4, 0.5) is 43.4 Å². The highest BCUT2D eigenvalue weighted by Gasteiger charge is 2.38. The SMILES string of the molecule is Cc1[nH]c2ccccc2c1CC(=O)Nc1ccc(Nc2cccnc2)c(-c2ccc(OC(F)(F)F)cc2)c1.O=C(O)C(F)(F)F. The second-order valence-electron chi connectivity index (χ2n) is 9.50. The Bertz CT molecular complexity index is 1790. The van der Waals surface area contributed by atoms with Crippen molar-refractivity contribution in [2.45, 2.75) is 25.9 Å². The number of hydrogen-bond donors (Lipinski definition) is 4. The molecule has 1 amide bonds. The summed E-state index contributed by atoms with van der Waals surface area (Å²) in [6.07, 6.45) is -6.37. The number of H-pyrrole nitrogens is 1. The first-order valence-corrected chi connectivity index (χ1v) is 13.0. The van der Waals surface area contributed by atoms with E-state index in [1.807, 2.05) is 37.3 Å². The van der Waals surface area contributed by atoms with Crippen molar-refractivity contribution in [3.63, 3.8) is 0 Å². The fourth-order valence-electron chi connectivity index (χ4n) is 4.33. The number of aromatic amines is 1. The fraction of sp³-hybridized carbons (Fsp3) is 0.129. The molecule has 14 heteroatoms. The average Bonchev–Trinajstić information content (AvgIpc) is 3.28. The molecule has 4 N–H and O–H groups in total. The van der Waals surface area contributed by atoms with Gasteiger partial charge in [0.25, 0.3) is 0 Å². The van der Waals surface area contributed by atoms with Crippen molar-refractivity contribution in [3.05, 3.63) is 103 Å². The number of aromatic nitrogens is 2. The van der Waals surface area contributed by atoms with Gasteiger partial charge in [-0.15, -0.1) is 13.2 Å². The highest BCUT2D eigenvalue weighted by atomic mass is 19.4. The maximum absolute atomic E-state index is 13.0. The van der Waals surface area contributed by atoms with Gasteiger partial charge in [0.15, 0.2) is 0 Å². The van der Waals surface area contributed by atoms with E-state index in [0.29, 0.717) is 22.5 Å². The minimum absolute atomic E-state index is 0.185. The van der Waals surface area contributed by atoms with Crippen LogP contribution in [0.15, 0.2) is 91.3 Å². The molecule has 2 heterocycles. The second kappa shape index (κ2) is 13.4. The van der Waals surface area contributed by atoms with Crippen LogP contribution in [-0.4, -0.2) is 39.5 Å². The average molecular weight is 631 g/mol. The van der Waals surface area contributed by atoms with E-state index in [9.17, 15) is 31.1 Å². The van der Waals surface area contributed by atoms with Crippen LogP contribution in [0.1, 0.15) is 11.3 Å². The number of fused-ring (bicyclic) bond motifs is 1. The van der Waals surface area contributed by atoms with Crippen molar-refractivity contribution in [1.82, 2.24) is 9.97 Å². The Balaban J connectivity index is 0.000000591. The van der Waals surface area contributed by atoms with Crippen molar-refractivity contribution >= 4 is 39.8 Å². The molecule has 0 bridgehead atoms. The predicted molar refractivity (Wildman–Crippen MR) is 155 cm³/mol. The van der Waals surface area contributed by atoms with Gasteiger partial charge in [-0.25, -0.2) is 4.79 Å². The number of benzene rings is 3. The number of amides is 1. The number of rotatable bonds is 7. The topological polar surface area (TPSA) is 116 Å². The molecule has 45 heavy (non-hydrogen) atoms. The Labute approximate surface area is 251 Å². The molecular weight excluding hydrogens is 606 g/mol. The van der Waals surface area contributed by atoms with Crippen LogP contribution in [0.2, 0.25) is 0 Å². The number of aliphatic carboxylic acids is 1. The highest BCUT2D eigenvalue weighted by Crippen LogP contribution is 2.35. The van der Waals surface area contributed by atoms with Crippen molar-refractivity contribution in [2.24, 2.45) is 0 Å². The van der Waals surface area contributed by atoms with Gasteiger partial charge in [0.05, 0.1) is 18.3 Å². The lowest BCUT2D eigenvalue weighted by atomic mass is 10.0. The van der Waals surface area contributed by atoms with Crippen LogP contribution in [-0.2, 0) is 16.0 Å². The van der Waals surface area contributed by atoms with E-state index in [1.54, 1.807) is 36.7 Å². The number of anilines is 3. The van der Waals surface area contributed by atoms with E-state index in [-0.39, 0.29) is 18.1 Å². The number of alkyl halides is 6. The number of hydrogen-bond acceptors (Lipinski definition) is 5. The summed E-state index contributed by atoms with van der Waals surface area (Å²) in [5.74, 6) is -3.26. The largest absolute Gasteiger partial charge is 0.573 e. The van der Waals surface area contributed by atoms with Crippen molar-refractivity contribution < 1.29 is 45.8 Å². The molecule has 0 atom stereocenters. The zero-order chi connectivity index (χ0) is 32.8. The van der Waals surface area contributed by atoms with Gasteiger partial charge >= 0.3 is 18.5 Å². The molecule has 0 spiro atoms. The van der Waals surface area contributed by atoms with Gasteiger partial charge < -0.3 is 25.5 Å². The molecule has 8 nitrogen and oxygen atoms in total. The Morgan fingerprint density at radius 1 is 0.911 bits per heavy atom. The van der Waals surface area contributed by atoms with E-state index in [2.05, 4.69) is 25.3 Å². The number of carbonyl (C=O) groups excluding carboxylic acids is 1. The van der Waals surface area contributed by atoms with Crippen LogP contribution < -0.4 is 15.4 Å². The lowest BCUT2D eigenvalue weighted by Crippen LogP contribution is -2.21. The van der Waals surface area contributed by atoms with Gasteiger partial charge in [-0.3, -0.25) is 9.78 Å². The predicted octanol–water partition coefficient (Wildman–Crippen LogP) is 8.00. The van der Waals surface area contributed by atoms with Crippen molar-refractivity contribution in [2.75, 3.05) is 10.6 Å². The first-order chi connectivity index (χ1) is 21.2. The number of pyridine rings is 1. The summed E-state index contributed by atoms with van der Waals surface area (Å²) in [5, 5.41) is 14.4. The van der Waals surface area contributed by atoms with Crippen molar-refractivity contribution in [3.8, 4) is 16.9 Å². The summed E-state index contributed by atoms with van der Waals surface area (Å²) in [5.41, 5.74) is 6.11. The zero-order valence-electron chi connectivity index (χ0n) is 23.3. The van der Waals surface area contributed by atoms with E-state index in [4.69, 9.17) is 9.90 Å².